The number of rotatable bonds is 5. The van der Waals surface area contributed by atoms with Crippen molar-refractivity contribution < 1.29 is 4.79 Å². The van der Waals surface area contributed by atoms with Gasteiger partial charge in [0.05, 0.1) is 18.7 Å². The summed E-state index contributed by atoms with van der Waals surface area (Å²) in [5.74, 6) is 0.183. The average Bonchev–Trinajstić information content (AvgIpc) is 2.81. The Labute approximate surface area is 122 Å². The van der Waals surface area contributed by atoms with Gasteiger partial charge in [-0.15, -0.1) is 11.3 Å². The Morgan fingerprint density at radius 3 is 3.21 bits per heavy atom. The zero-order valence-electron chi connectivity index (χ0n) is 10.8. The number of nitrogens with two attached hydrogens (primary N) is 1. The van der Waals surface area contributed by atoms with Gasteiger partial charge in [0.1, 0.15) is 9.34 Å². The van der Waals surface area contributed by atoms with Crippen molar-refractivity contribution in [3.63, 3.8) is 0 Å². The van der Waals surface area contributed by atoms with Gasteiger partial charge in [-0.05, 0) is 19.4 Å². The Morgan fingerprint density at radius 2 is 2.53 bits per heavy atom. The number of aromatic nitrogens is 1. The Balaban J connectivity index is 1.84. The molecule has 1 fully saturated rings. The van der Waals surface area contributed by atoms with Crippen LogP contribution in [0.25, 0.3) is 0 Å². The molecule has 2 heterocycles. The summed E-state index contributed by atoms with van der Waals surface area (Å²) in [5, 5.41) is 3.87. The molecule has 2 rings (SSSR count). The molecule has 1 aliphatic rings. The zero-order valence-corrected chi connectivity index (χ0v) is 12.3. The van der Waals surface area contributed by atoms with E-state index >= 15 is 0 Å². The lowest BCUT2D eigenvalue weighted by Gasteiger charge is -2.31. The van der Waals surface area contributed by atoms with Crippen molar-refractivity contribution in [2.24, 2.45) is 11.7 Å². The monoisotopic (exact) mass is 302 g/mol. The van der Waals surface area contributed by atoms with Crippen molar-refractivity contribution in [3.05, 3.63) is 15.5 Å². The number of amides is 1. The first-order valence-corrected chi connectivity index (χ1v) is 7.69. The second-order valence-corrected chi connectivity index (χ2v) is 6.46. The second kappa shape index (κ2) is 7.19. The predicted molar refractivity (Wildman–Crippen MR) is 77.2 cm³/mol. The van der Waals surface area contributed by atoms with Gasteiger partial charge in [0.25, 0.3) is 0 Å². The van der Waals surface area contributed by atoms with E-state index in [-0.39, 0.29) is 11.8 Å². The maximum atomic E-state index is 11.9. The number of likely N-dealkylation sites (tertiary alicyclic amines) is 1. The number of hydrogen-bond acceptors (Lipinski definition) is 5. The fourth-order valence-electron chi connectivity index (χ4n) is 2.31. The number of piperidine rings is 1. The number of carbonyl (C=O) groups excluding carboxylic acids is 1. The van der Waals surface area contributed by atoms with Crippen LogP contribution in [0.1, 0.15) is 17.8 Å². The van der Waals surface area contributed by atoms with Crippen LogP contribution < -0.4 is 11.1 Å². The van der Waals surface area contributed by atoms with E-state index in [4.69, 9.17) is 17.3 Å². The number of thiazole rings is 1. The number of nitrogens with zero attached hydrogens (tertiary/aromatic N) is 2. The van der Waals surface area contributed by atoms with Crippen molar-refractivity contribution in [1.29, 1.82) is 0 Å². The Hall–Kier alpha value is -0.690. The highest BCUT2D eigenvalue weighted by Crippen LogP contribution is 2.23. The van der Waals surface area contributed by atoms with E-state index in [0.29, 0.717) is 17.4 Å². The highest BCUT2D eigenvalue weighted by atomic mass is 35.5. The van der Waals surface area contributed by atoms with Gasteiger partial charge in [-0.3, -0.25) is 9.69 Å². The molecular weight excluding hydrogens is 284 g/mol. The third-order valence-corrected chi connectivity index (χ3v) is 4.30. The van der Waals surface area contributed by atoms with E-state index in [1.165, 1.54) is 11.3 Å². The number of carbonyl (C=O) groups is 1. The van der Waals surface area contributed by atoms with E-state index in [2.05, 4.69) is 15.2 Å². The maximum Gasteiger partial charge on any atom is 0.224 e. The molecule has 19 heavy (non-hydrogen) atoms. The highest BCUT2D eigenvalue weighted by molar-refractivity contribution is 7.15. The smallest absolute Gasteiger partial charge is 0.224 e. The average molecular weight is 303 g/mol. The number of halogens is 1. The molecule has 1 saturated heterocycles. The summed E-state index contributed by atoms with van der Waals surface area (Å²) in [6.45, 7) is 3.61. The summed E-state index contributed by atoms with van der Waals surface area (Å²) < 4.78 is 0.712. The third-order valence-electron chi connectivity index (χ3n) is 3.20. The number of hydrogen-bond donors (Lipinski definition) is 2. The first kappa shape index (κ1) is 14.7. The standard InChI is InChI=1S/C12H19ClN4OS/c13-10-6-16-11(19-10)8-17-5-1-2-9(7-17)12(18)15-4-3-14/h6,9H,1-5,7-8,14H2,(H,15,18). The molecule has 1 aromatic heterocycles. The second-order valence-electron chi connectivity index (χ2n) is 4.71. The summed E-state index contributed by atoms with van der Waals surface area (Å²) in [5.41, 5.74) is 5.39. The predicted octanol–water partition coefficient (Wildman–Crippen LogP) is 1.08. The molecule has 3 N–H and O–H groups in total. The van der Waals surface area contributed by atoms with Crippen LogP contribution in [0.4, 0.5) is 0 Å². The number of nitrogens with one attached hydrogen (secondary N) is 1. The van der Waals surface area contributed by atoms with Crippen LogP contribution in [0.5, 0.6) is 0 Å². The summed E-state index contributed by atoms with van der Waals surface area (Å²) in [7, 11) is 0. The molecule has 0 bridgehead atoms. The van der Waals surface area contributed by atoms with Gasteiger partial charge in [-0.1, -0.05) is 11.6 Å². The molecular formula is C12H19ClN4OS. The van der Waals surface area contributed by atoms with Crippen LogP contribution in [0, 0.1) is 5.92 Å². The molecule has 1 amide bonds. The first-order chi connectivity index (χ1) is 9.19. The minimum absolute atomic E-state index is 0.0655. The van der Waals surface area contributed by atoms with Crippen molar-refractivity contribution in [2.45, 2.75) is 19.4 Å². The lowest BCUT2D eigenvalue weighted by molar-refractivity contribution is -0.126. The molecule has 0 saturated carbocycles. The van der Waals surface area contributed by atoms with Crippen LogP contribution in [0.15, 0.2) is 6.20 Å². The van der Waals surface area contributed by atoms with Gasteiger partial charge in [0, 0.05) is 19.6 Å². The van der Waals surface area contributed by atoms with Crippen LogP contribution in [-0.2, 0) is 11.3 Å². The molecule has 0 radical (unpaired) electrons. The molecule has 1 aliphatic heterocycles. The third kappa shape index (κ3) is 4.42. The molecule has 1 unspecified atom stereocenters. The van der Waals surface area contributed by atoms with Gasteiger partial charge < -0.3 is 11.1 Å². The fraction of sp³-hybridized carbons (Fsp3) is 0.667. The lowest BCUT2D eigenvalue weighted by atomic mass is 9.97. The Kier molecular flexibility index (Phi) is 5.57. The van der Waals surface area contributed by atoms with E-state index in [1.807, 2.05) is 0 Å². The van der Waals surface area contributed by atoms with Crippen LogP contribution in [0.3, 0.4) is 0 Å². The van der Waals surface area contributed by atoms with E-state index in [9.17, 15) is 4.79 Å². The van der Waals surface area contributed by atoms with Crippen molar-refractivity contribution in [2.75, 3.05) is 26.2 Å². The summed E-state index contributed by atoms with van der Waals surface area (Å²) >= 11 is 7.38. The summed E-state index contributed by atoms with van der Waals surface area (Å²) in [4.78, 5) is 18.5. The summed E-state index contributed by atoms with van der Waals surface area (Å²) in [6, 6.07) is 0. The quantitative estimate of drug-likeness (QED) is 0.854. The van der Waals surface area contributed by atoms with Crippen molar-refractivity contribution >= 4 is 28.8 Å². The molecule has 0 aliphatic carbocycles. The first-order valence-electron chi connectivity index (χ1n) is 6.49. The van der Waals surface area contributed by atoms with Gasteiger partial charge >= 0.3 is 0 Å². The van der Waals surface area contributed by atoms with Crippen LogP contribution in [0.2, 0.25) is 4.34 Å². The fourth-order valence-corrected chi connectivity index (χ4v) is 3.30. The minimum atomic E-state index is 0.0655. The molecule has 7 heteroatoms. The van der Waals surface area contributed by atoms with Gasteiger partial charge in [0.2, 0.25) is 5.91 Å². The molecule has 5 nitrogen and oxygen atoms in total. The Bertz CT molecular complexity index is 426. The maximum absolute atomic E-state index is 11.9. The van der Waals surface area contributed by atoms with E-state index in [1.54, 1.807) is 6.20 Å². The molecule has 106 valence electrons. The molecule has 0 spiro atoms. The van der Waals surface area contributed by atoms with Gasteiger partial charge in [-0.2, -0.15) is 0 Å². The minimum Gasteiger partial charge on any atom is -0.355 e. The van der Waals surface area contributed by atoms with Crippen LogP contribution in [-0.4, -0.2) is 42.0 Å². The van der Waals surface area contributed by atoms with E-state index < -0.39 is 0 Å². The molecule has 0 aromatic carbocycles. The normalized spacial score (nSPS) is 20.4. The van der Waals surface area contributed by atoms with E-state index in [0.717, 1.165) is 37.5 Å². The Morgan fingerprint density at radius 1 is 1.68 bits per heavy atom. The van der Waals surface area contributed by atoms with Crippen molar-refractivity contribution in [1.82, 2.24) is 15.2 Å². The van der Waals surface area contributed by atoms with Gasteiger partial charge in [0.15, 0.2) is 0 Å². The lowest BCUT2D eigenvalue weighted by Crippen LogP contribution is -2.43. The topological polar surface area (TPSA) is 71.2 Å². The van der Waals surface area contributed by atoms with Crippen molar-refractivity contribution in [3.8, 4) is 0 Å². The summed E-state index contributed by atoms with van der Waals surface area (Å²) in [6.07, 6.45) is 3.67. The largest absolute Gasteiger partial charge is 0.355 e. The molecule has 1 aromatic rings. The SMILES string of the molecule is NCCNC(=O)C1CCCN(Cc2ncc(Cl)s2)C1. The zero-order chi connectivity index (χ0) is 13.7. The van der Waals surface area contributed by atoms with Gasteiger partial charge in [-0.25, -0.2) is 4.98 Å². The van der Waals surface area contributed by atoms with Crippen LogP contribution >= 0.6 is 22.9 Å². The highest BCUT2D eigenvalue weighted by Gasteiger charge is 2.25. The molecule has 1 atom stereocenters.